The molecule has 2 N–H and O–H groups in total. The van der Waals surface area contributed by atoms with Crippen LogP contribution in [0.15, 0.2) is 12.1 Å². The summed E-state index contributed by atoms with van der Waals surface area (Å²) in [6.07, 6.45) is 2.33. The predicted octanol–water partition coefficient (Wildman–Crippen LogP) is 4.45. The molecule has 0 aliphatic carbocycles. The number of hydrogen-bond acceptors (Lipinski definition) is 2. The minimum atomic E-state index is 0.602. The van der Waals surface area contributed by atoms with E-state index in [9.17, 15) is 0 Å². The molecule has 2 atom stereocenters. The molecule has 0 saturated heterocycles. The van der Waals surface area contributed by atoms with Crippen LogP contribution in [0.1, 0.15) is 52.7 Å². The quantitative estimate of drug-likeness (QED) is 0.708. The van der Waals surface area contributed by atoms with Crippen molar-refractivity contribution in [3.05, 3.63) is 23.3 Å². The van der Waals surface area contributed by atoms with Gasteiger partial charge in [0.25, 0.3) is 0 Å². The SMILES string of the molecule is CC.CC.CC1Cc2cc3c(cc2N1)CC(C)N3. The Kier molecular flexibility index (Phi) is 5.52. The Bertz CT molecular complexity index is 317. The van der Waals surface area contributed by atoms with E-state index < -0.39 is 0 Å². The van der Waals surface area contributed by atoms with Gasteiger partial charge in [0.15, 0.2) is 0 Å². The Labute approximate surface area is 112 Å². The van der Waals surface area contributed by atoms with Crippen molar-refractivity contribution in [2.45, 2.75) is 66.5 Å². The van der Waals surface area contributed by atoms with Gasteiger partial charge >= 0.3 is 0 Å². The molecule has 2 heteroatoms. The Morgan fingerprint density at radius 1 is 0.778 bits per heavy atom. The summed E-state index contributed by atoms with van der Waals surface area (Å²) in [4.78, 5) is 0. The van der Waals surface area contributed by atoms with E-state index in [1.807, 2.05) is 27.7 Å². The first-order chi connectivity index (χ1) is 8.72. The molecule has 2 aliphatic rings. The van der Waals surface area contributed by atoms with Gasteiger partial charge in [-0.3, -0.25) is 0 Å². The van der Waals surface area contributed by atoms with E-state index in [-0.39, 0.29) is 0 Å². The second-order valence-electron chi connectivity index (χ2n) is 4.67. The molecule has 2 heterocycles. The normalized spacial score (nSPS) is 22.3. The predicted molar refractivity (Wildman–Crippen MR) is 82.7 cm³/mol. The summed E-state index contributed by atoms with van der Waals surface area (Å²) in [6.45, 7) is 12.5. The van der Waals surface area contributed by atoms with Crippen molar-refractivity contribution in [2.24, 2.45) is 0 Å². The molecular weight excluding hydrogens is 220 g/mol. The van der Waals surface area contributed by atoms with Crippen LogP contribution in [0.2, 0.25) is 0 Å². The minimum absolute atomic E-state index is 0.602. The summed E-state index contributed by atoms with van der Waals surface area (Å²) in [7, 11) is 0. The lowest BCUT2D eigenvalue weighted by molar-refractivity contribution is 0.834. The molecule has 0 bridgehead atoms. The second kappa shape index (κ2) is 6.67. The fourth-order valence-electron chi connectivity index (χ4n) is 2.59. The molecule has 1 aromatic rings. The number of hydrogen-bond donors (Lipinski definition) is 2. The number of rotatable bonds is 0. The average molecular weight is 248 g/mol. The lowest BCUT2D eigenvalue weighted by Gasteiger charge is -2.05. The van der Waals surface area contributed by atoms with Gasteiger partial charge in [-0.15, -0.1) is 0 Å². The molecule has 0 fully saturated rings. The summed E-state index contributed by atoms with van der Waals surface area (Å²) in [6, 6.07) is 5.85. The molecule has 18 heavy (non-hydrogen) atoms. The zero-order valence-electron chi connectivity index (χ0n) is 12.7. The fourth-order valence-corrected chi connectivity index (χ4v) is 2.59. The van der Waals surface area contributed by atoms with Crippen LogP contribution in [0.3, 0.4) is 0 Å². The van der Waals surface area contributed by atoms with Crippen LogP contribution in [0.5, 0.6) is 0 Å². The van der Waals surface area contributed by atoms with Gasteiger partial charge in [0.2, 0.25) is 0 Å². The highest BCUT2D eigenvalue weighted by molar-refractivity contribution is 5.69. The third-order valence-electron chi connectivity index (χ3n) is 3.19. The van der Waals surface area contributed by atoms with E-state index in [1.54, 1.807) is 0 Å². The first-order valence-electron chi connectivity index (χ1n) is 7.41. The monoisotopic (exact) mass is 248 g/mol. The van der Waals surface area contributed by atoms with Crippen LogP contribution in [-0.2, 0) is 12.8 Å². The summed E-state index contributed by atoms with van der Waals surface area (Å²) in [5.41, 5.74) is 5.65. The largest absolute Gasteiger partial charge is 0.382 e. The van der Waals surface area contributed by atoms with E-state index in [2.05, 4.69) is 36.6 Å². The zero-order valence-corrected chi connectivity index (χ0v) is 12.7. The van der Waals surface area contributed by atoms with Gasteiger partial charge in [-0.05, 0) is 49.9 Å². The van der Waals surface area contributed by atoms with Crippen molar-refractivity contribution in [3.8, 4) is 0 Å². The van der Waals surface area contributed by atoms with Crippen molar-refractivity contribution in [2.75, 3.05) is 10.6 Å². The maximum atomic E-state index is 3.51. The highest BCUT2D eigenvalue weighted by Crippen LogP contribution is 2.35. The first kappa shape index (κ1) is 14.9. The molecule has 0 radical (unpaired) electrons. The lowest BCUT2D eigenvalue weighted by Crippen LogP contribution is -2.09. The molecule has 0 aromatic heterocycles. The van der Waals surface area contributed by atoms with E-state index in [0.717, 1.165) is 0 Å². The van der Waals surface area contributed by atoms with Crippen molar-refractivity contribution >= 4 is 11.4 Å². The van der Waals surface area contributed by atoms with E-state index >= 15 is 0 Å². The van der Waals surface area contributed by atoms with Crippen LogP contribution in [0.25, 0.3) is 0 Å². The average Bonchev–Trinajstić information content (AvgIpc) is 2.90. The fraction of sp³-hybridized carbons (Fsp3) is 0.625. The van der Waals surface area contributed by atoms with Gasteiger partial charge in [-0.1, -0.05) is 27.7 Å². The van der Waals surface area contributed by atoms with Crippen LogP contribution in [0, 0.1) is 0 Å². The molecule has 1 aromatic carbocycles. The summed E-state index contributed by atoms with van der Waals surface area (Å²) < 4.78 is 0. The number of fused-ring (bicyclic) bond motifs is 2. The van der Waals surface area contributed by atoms with Crippen molar-refractivity contribution in [1.29, 1.82) is 0 Å². The Morgan fingerprint density at radius 3 is 1.44 bits per heavy atom. The number of anilines is 2. The van der Waals surface area contributed by atoms with E-state index in [1.165, 1.54) is 35.3 Å². The van der Waals surface area contributed by atoms with Gasteiger partial charge in [-0.25, -0.2) is 0 Å². The summed E-state index contributed by atoms with van der Waals surface area (Å²) in [5, 5.41) is 7.03. The van der Waals surface area contributed by atoms with Crippen LogP contribution in [-0.4, -0.2) is 12.1 Å². The topological polar surface area (TPSA) is 24.1 Å². The highest BCUT2D eigenvalue weighted by atomic mass is 15.0. The van der Waals surface area contributed by atoms with Gasteiger partial charge in [0.1, 0.15) is 0 Å². The summed E-state index contributed by atoms with van der Waals surface area (Å²) >= 11 is 0. The Hall–Kier alpha value is -1.18. The maximum absolute atomic E-state index is 3.51. The molecule has 2 unspecified atom stereocenters. The lowest BCUT2D eigenvalue weighted by atomic mass is 10.1. The van der Waals surface area contributed by atoms with Crippen molar-refractivity contribution in [1.82, 2.24) is 0 Å². The Balaban J connectivity index is 0.000000371. The summed E-state index contributed by atoms with van der Waals surface area (Å²) in [5.74, 6) is 0. The van der Waals surface area contributed by atoms with Crippen molar-refractivity contribution in [3.63, 3.8) is 0 Å². The van der Waals surface area contributed by atoms with Gasteiger partial charge in [0, 0.05) is 23.5 Å². The van der Waals surface area contributed by atoms with Crippen molar-refractivity contribution < 1.29 is 0 Å². The van der Waals surface area contributed by atoms with Gasteiger partial charge in [-0.2, -0.15) is 0 Å². The zero-order chi connectivity index (χ0) is 13.7. The standard InChI is InChI=1S/C12H16N2.2C2H6/c1-7-3-9-5-12-10(4-8(2)14-12)6-11(9)13-7;2*1-2/h5-8,13-14H,3-4H2,1-2H3;2*1-2H3. The number of nitrogens with one attached hydrogen (secondary N) is 2. The van der Waals surface area contributed by atoms with Crippen LogP contribution < -0.4 is 10.6 Å². The first-order valence-corrected chi connectivity index (χ1v) is 7.41. The molecule has 0 spiro atoms. The molecule has 3 rings (SSSR count). The van der Waals surface area contributed by atoms with E-state index in [0.29, 0.717) is 12.1 Å². The Morgan fingerprint density at radius 2 is 1.11 bits per heavy atom. The minimum Gasteiger partial charge on any atom is -0.382 e. The second-order valence-corrected chi connectivity index (χ2v) is 4.67. The molecular formula is C16H28N2. The van der Waals surface area contributed by atoms with E-state index in [4.69, 9.17) is 0 Å². The third-order valence-corrected chi connectivity index (χ3v) is 3.19. The molecule has 2 nitrogen and oxygen atoms in total. The molecule has 0 saturated carbocycles. The van der Waals surface area contributed by atoms with Gasteiger partial charge < -0.3 is 10.6 Å². The molecule has 0 amide bonds. The smallest absolute Gasteiger partial charge is 0.0379 e. The number of benzene rings is 1. The molecule has 102 valence electrons. The molecule has 2 aliphatic heterocycles. The van der Waals surface area contributed by atoms with Crippen LogP contribution in [0.4, 0.5) is 11.4 Å². The van der Waals surface area contributed by atoms with Gasteiger partial charge in [0.05, 0.1) is 0 Å². The van der Waals surface area contributed by atoms with Crippen LogP contribution >= 0.6 is 0 Å². The maximum Gasteiger partial charge on any atom is 0.0379 e. The third kappa shape index (κ3) is 2.98. The highest BCUT2D eigenvalue weighted by Gasteiger charge is 2.23.